The van der Waals surface area contributed by atoms with E-state index in [-0.39, 0.29) is 5.88 Å². The molecule has 0 amide bonds. The summed E-state index contributed by atoms with van der Waals surface area (Å²) in [6.45, 7) is 0. The Bertz CT molecular complexity index is 433. The molecule has 14 heavy (non-hydrogen) atoms. The minimum Gasteiger partial charge on any atom is -0.332 e. The lowest BCUT2D eigenvalue weighted by Crippen LogP contribution is -1.94. The zero-order chi connectivity index (χ0) is 10.1. The zero-order valence-corrected chi connectivity index (χ0v) is 9.45. The van der Waals surface area contributed by atoms with Crippen LogP contribution >= 0.6 is 27.5 Å². The molecule has 6 nitrogen and oxygen atoms in total. The van der Waals surface area contributed by atoms with E-state index in [2.05, 4.69) is 36.4 Å². The minimum atomic E-state index is 0.215. The summed E-state index contributed by atoms with van der Waals surface area (Å²) in [6, 6.07) is 0. The van der Waals surface area contributed by atoms with E-state index >= 15 is 0 Å². The second kappa shape index (κ2) is 3.66. The van der Waals surface area contributed by atoms with Crippen LogP contribution in [0, 0.1) is 0 Å². The lowest BCUT2D eigenvalue weighted by atomic mass is 10.5. The lowest BCUT2D eigenvalue weighted by Gasteiger charge is -1.92. The molecule has 0 saturated heterocycles. The van der Waals surface area contributed by atoms with Gasteiger partial charge in [-0.15, -0.1) is 16.7 Å². The highest BCUT2D eigenvalue weighted by Gasteiger charge is 2.17. The fraction of sp³-hybridized carbons (Fsp3) is 0.333. The molecule has 0 atom stereocenters. The maximum Gasteiger partial charge on any atom is 0.279 e. The van der Waals surface area contributed by atoms with E-state index in [1.807, 2.05) is 0 Å². The molecule has 2 aromatic rings. The third kappa shape index (κ3) is 1.53. The van der Waals surface area contributed by atoms with E-state index in [0.29, 0.717) is 22.0 Å². The van der Waals surface area contributed by atoms with E-state index in [1.165, 1.54) is 4.68 Å². The van der Waals surface area contributed by atoms with Crippen LogP contribution in [0.1, 0.15) is 5.82 Å². The molecule has 8 heteroatoms. The van der Waals surface area contributed by atoms with Gasteiger partial charge in [0.05, 0.1) is 5.88 Å². The molecule has 0 radical (unpaired) electrons. The smallest absolute Gasteiger partial charge is 0.279 e. The molecule has 74 valence electrons. The number of hydrogen-bond donors (Lipinski definition) is 0. The normalized spacial score (nSPS) is 10.8. The van der Waals surface area contributed by atoms with Crippen LogP contribution in [0.5, 0.6) is 0 Å². The van der Waals surface area contributed by atoms with Crippen LogP contribution in [0.15, 0.2) is 9.13 Å². The van der Waals surface area contributed by atoms with Gasteiger partial charge in [-0.3, -0.25) is 0 Å². The molecule has 0 saturated carbocycles. The van der Waals surface area contributed by atoms with Gasteiger partial charge in [0, 0.05) is 7.05 Å². The van der Waals surface area contributed by atoms with Gasteiger partial charge >= 0.3 is 0 Å². The second-order valence-electron chi connectivity index (χ2n) is 2.50. The van der Waals surface area contributed by atoms with Crippen molar-refractivity contribution in [1.82, 2.24) is 25.1 Å². The Labute approximate surface area is 92.4 Å². The maximum atomic E-state index is 5.55. The fourth-order valence-electron chi connectivity index (χ4n) is 0.963. The molecule has 0 aromatic carbocycles. The topological polar surface area (TPSA) is 69.6 Å². The predicted molar refractivity (Wildman–Crippen MR) is 51.6 cm³/mol. The van der Waals surface area contributed by atoms with Gasteiger partial charge in [0.25, 0.3) is 5.89 Å². The van der Waals surface area contributed by atoms with Gasteiger partial charge in [-0.1, -0.05) is 10.4 Å². The average molecular weight is 278 g/mol. The van der Waals surface area contributed by atoms with Crippen molar-refractivity contribution in [3.63, 3.8) is 0 Å². The van der Waals surface area contributed by atoms with E-state index in [4.69, 9.17) is 16.1 Å². The number of nitrogens with zero attached hydrogens (tertiary/aromatic N) is 5. The van der Waals surface area contributed by atoms with Gasteiger partial charge < -0.3 is 4.52 Å². The molecule has 0 aliphatic rings. The lowest BCUT2D eigenvalue weighted by molar-refractivity contribution is 0.421. The number of alkyl halides is 1. The first-order valence-electron chi connectivity index (χ1n) is 3.66. The van der Waals surface area contributed by atoms with Crippen molar-refractivity contribution in [2.75, 3.05) is 0 Å². The van der Waals surface area contributed by atoms with Crippen LogP contribution in [0.3, 0.4) is 0 Å². The quantitative estimate of drug-likeness (QED) is 0.776. The molecule has 0 fully saturated rings. The summed E-state index contributed by atoms with van der Waals surface area (Å²) >= 11 is 8.78. The number of halogens is 2. The standard InChI is InChI=1S/C6H5BrClN5O/c1-13-4(5(7)10-12-13)6-9-3(2-8)11-14-6/h2H2,1H3. The van der Waals surface area contributed by atoms with Crippen molar-refractivity contribution < 1.29 is 4.52 Å². The second-order valence-corrected chi connectivity index (χ2v) is 3.52. The SMILES string of the molecule is Cn1nnc(Br)c1-c1nc(CCl)no1. The highest BCUT2D eigenvalue weighted by Crippen LogP contribution is 2.23. The van der Waals surface area contributed by atoms with Gasteiger partial charge in [-0.2, -0.15) is 4.98 Å². The van der Waals surface area contributed by atoms with Crippen LogP contribution in [0.4, 0.5) is 0 Å². The number of aryl methyl sites for hydroxylation is 1. The van der Waals surface area contributed by atoms with Crippen molar-refractivity contribution in [2.45, 2.75) is 5.88 Å². The summed E-state index contributed by atoms with van der Waals surface area (Å²) < 4.78 is 7.08. The third-order valence-corrected chi connectivity index (χ3v) is 2.35. The Hall–Kier alpha value is -0.950. The molecule has 0 aliphatic carbocycles. The minimum absolute atomic E-state index is 0.215. The summed E-state index contributed by atoms with van der Waals surface area (Å²) in [6.07, 6.45) is 0. The van der Waals surface area contributed by atoms with Crippen LogP contribution in [-0.2, 0) is 12.9 Å². The van der Waals surface area contributed by atoms with Gasteiger partial charge in [-0.05, 0) is 15.9 Å². The Morgan fingerprint density at radius 2 is 2.36 bits per heavy atom. The molecular formula is C6H5BrClN5O. The number of hydrogen-bond acceptors (Lipinski definition) is 5. The first-order chi connectivity index (χ1) is 6.72. The summed E-state index contributed by atoms with van der Waals surface area (Å²) in [7, 11) is 1.73. The third-order valence-electron chi connectivity index (χ3n) is 1.58. The van der Waals surface area contributed by atoms with Crippen molar-refractivity contribution in [3.05, 3.63) is 10.4 Å². The molecular weight excluding hydrogens is 273 g/mol. The predicted octanol–water partition coefficient (Wildman–Crippen LogP) is 1.37. The van der Waals surface area contributed by atoms with Gasteiger partial charge in [0.15, 0.2) is 16.1 Å². The first kappa shape index (κ1) is 9.60. The average Bonchev–Trinajstić information content (AvgIpc) is 2.73. The largest absolute Gasteiger partial charge is 0.332 e. The van der Waals surface area contributed by atoms with Crippen LogP contribution < -0.4 is 0 Å². The van der Waals surface area contributed by atoms with Crippen LogP contribution in [0.2, 0.25) is 0 Å². The van der Waals surface area contributed by atoms with Crippen molar-refractivity contribution in [3.8, 4) is 11.6 Å². The zero-order valence-electron chi connectivity index (χ0n) is 7.11. The summed E-state index contributed by atoms with van der Waals surface area (Å²) in [5.41, 5.74) is 0.633. The highest BCUT2D eigenvalue weighted by molar-refractivity contribution is 9.10. The van der Waals surface area contributed by atoms with E-state index < -0.39 is 0 Å². The van der Waals surface area contributed by atoms with Gasteiger partial charge in [0.2, 0.25) is 0 Å². The monoisotopic (exact) mass is 277 g/mol. The van der Waals surface area contributed by atoms with E-state index in [0.717, 1.165) is 0 Å². The van der Waals surface area contributed by atoms with Crippen LogP contribution in [-0.4, -0.2) is 25.1 Å². The Morgan fingerprint density at radius 1 is 1.57 bits per heavy atom. The maximum absolute atomic E-state index is 5.55. The number of rotatable bonds is 2. The molecule has 0 unspecified atom stereocenters. The molecule has 2 heterocycles. The summed E-state index contributed by atoms with van der Waals surface area (Å²) in [4.78, 5) is 4.05. The van der Waals surface area contributed by atoms with E-state index in [9.17, 15) is 0 Å². The first-order valence-corrected chi connectivity index (χ1v) is 4.99. The Kier molecular flexibility index (Phi) is 2.51. The molecule has 2 rings (SSSR count). The molecule has 0 aliphatic heterocycles. The van der Waals surface area contributed by atoms with Gasteiger partial charge in [0.1, 0.15) is 0 Å². The Morgan fingerprint density at radius 3 is 2.86 bits per heavy atom. The molecule has 0 bridgehead atoms. The highest BCUT2D eigenvalue weighted by atomic mass is 79.9. The van der Waals surface area contributed by atoms with Crippen molar-refractivity contribution in [2.24, 2.45) is 7.05 Å². The van der Waals surface area contributed by atoms with Crippen molar-refractivity contribution in [1.29, 1.82) is 0 Å². The summed E-state index contributed by atoms with van der Waals surface area (Å²) in [5, 5.41) is 11.2. The van der Waals surface area contributed by atoms with Gasteiger partial charge in [-0.25, -0.2) is 4.68 Å². The molecule has 2 aromatic heterocycles. The van der Waals surface area contributed by atoms with E-state index in [1.54, 1.807) is 7.05 Å². The molecule has 0 spiro atoms. The van der Waals surface area contributed by atoms with Crippen LogP contribution in [0.25, 0.3) is 11.6 Å². The fourth-order valence-corrected chi connectivity index (χ4v) is 1.57. The molecule has 0 N–H and O–H groups in total. The summed E-state index contributed by atoms with van der Waals surface area (Å²) in [5.74, 6) is 1.00. The van der Waals surface area contributed by atoms with Crippen molar-refractivity contribution >= 4 is 27.5 Å². The Balaban J connectivity index is 2.48. The number of aromatic nitrogens is 5.